The summed E-state index contributed by atoms with van der Waals surface area (Å²) in [5.41, 5.74) is 3.79. The lowest BCUT2D eigenvalue weighted by atomic mass is 9.91. The van der Waals surface area contributed by atoms with Gasteiger partial charge in [0.15, 0.2) is 0 Å². The maximum Gasteiger partial charge on any atom is 0.108 e. The first kappa shape index (κ1) is 27.0. The van der Waals surface area contributed by atoms with Crippen LogP contribution in [0.2, 0.25) is 0 Å². The minimum atomic E-state index is 0.862. The van der Waals surface area contributed by atoms with Crippen molar-refractivity contribution in [2.24, 2.45) is 17.8 Å². The van der Waals surface area contributed by atoms with Crippen molar-refractivity contribution in [1.29, 1.82) is 0 Å². The van der Waals surface area contributed by atoms with Gasteiger partial charge in [0.2, 0.25) is 0 Å². The van der Waals surface area contributed by atoms with Crippen LogP contribution < -0.4 is 0 Å². The zero-order chi connectivity index (χ0) is 23.2. The zero-order valence-electron chi connectivity index (χ0n) is 21.5. The number of allylic oxidation sites excluding steroid dienone is 1. The van der Waals surface area contributed by atoms with Gasteiger partial charge >= 0.3 is 0 Å². The molecule has 2 nitrogen and oxygen atoms in total. The molecule has 0 aliphatic heterocycles. The Labute approximate surface area is 202 Å². The van der Waals surface area contributed by atoms with Gasteiger partial charge in [-0.2, -0.15) is 11.8 Å². The Morgan fingerprint density at radius 1 is 0.938 bits per heavy atom. The van der Waals surface area contributed by atoms with E-state index in [9.17, 15) is 0 Å². The lowest BCUT2D eigenvalue weighted by Crippen LogP contribution is -2.00. The van der Waals surface area contributed by atoms with Crippen molar-refractivity contribution in [3.63, 3.8) is 0 Å². The quantitative estimate of drug-likeness (QED) is 0.190. The molecule has 0 aliphatic carbocycles. The van der Waals surface area contributed by atoms with Crippen LogP contribution in [-0.2, 0) is 6.42 Å². The van der Waals surface area contributed by atoms with Crippen molar-refractivity contribution in [3.8, 4) is 0 Å². The molecule has 1 aromatic carbocycles. The van der Waals surface area contributed by atoms with Crippen LogP contribution in [0.1, 0.15) is 98.2 Å². The number of nitrogens with one attached hydrogen (secondary N) is 1. The Hall–Kier alpha value is -1.22. The molecule has 2 aromatic rings. The number of rotatable bonds is 17. The summed E-state index contributed by atoms with van der Waals surface area (Å²) in [5, 5.41) is 0. The minimum Gasteiger partial charge on any atom is -0.342 e. The third-order valence-electron chi connectivity index (χ3n) is 6.61. The first-order chi connectivity index (χ1) is 15.4. The number of hydrogen-bond donors (Lipinski definition) is 1. The molecule has 0 spiro atoms. The molecule has 0 radical (unpaired) electrons. The third kappa shape index (κ3) is 11.6. The molecule has 3 heteroatoms. The summed E-state index contributed by atoms with van der Waals surface area (Å²) in [5.74, 6) is 6.01. The SMILES string of the molecule is C/C(=C\CSCCc1nc2ccccc2[nH]1)CCCC(C)CCCC(C)CCCC(C)C. The maximum absolute atomic E-state index is 4.67. The molecule has 0 amide bonds. The lowest BCUT2D eigenvalue weighted by Gasteiger charge is -2.15. The van der Waals surface area contributed by atoms with E-state index in [1.54, 1.807) is 5.57 Å². The second-order valence-corrected chi connectivity index (χ2v) is 11.6. The van der Waals surface area contributed by atoms with Gasteiger partial charge in [0, 0.05) is 17.9 Å². The number of H-pyrrole nitrogens is 1. The molecule has 32 heavy (non-hydrogen) atoms. The van der Waals surface area contributed by atoms with Crippen molar-refractivity contribution < 1.29 is 0 Å². The smallest absolute Gasteiger partial charge is 0.108 e. The highest BCUT2D eigenvalue weighted by atomic mass is 32.2. The number of hydrogen-bond acceptors (Lipinski definition) is 2. The number of benzene rings is 1. The van der Waals surface area contributed by atoms with E-state index in [0.29, 0.717) is 0 Å². The van der Waals surface area contributed by atoms with Crippen molar-refractivity contribution in [2.75, 3.05) is 11.5 Å². The van der Waals surface area contributed by atoms with E-state index in [2.05, 4.69) is 68.9 Å². The summed E-state index contributed by atoms with van der Waals surface area (Å²) >= 11 is 2.01. The van der Waals surface area contributed by atoms with E-state index in [4.69, 9.17) is 0 Å². The number of nitrogens with zero attached hydrogens (tertiary/aromatic N) is 1. The molecule has 0 aliphatic rings. The fourth-order valence-electron chi connectivity index (χ4n) is 4.39. The predicted molar refractivity (Wildman–Crippen MR) is 146 cm³/mol. The Balaban J connectivity index is 1.47. The minimum absolute atomic E-state index is 0.862. The van der Waals surface area contributed by atoms with Gasteiger partial charge in [-0.1, -0.05) is 96.4 Å². The fourth-order valence-corrected chi connectivity index (χ4v) is 5.29. The predicted octanol–water partition coefficient (Wildman–Crippen LogP) is 9.22. The molecular weight excluding hydrogens is 408 g/mol. The van der Waals surface area contributed by atoms with E-state index in [1.807, 2.05) is 17.8 Å². The number of aryl methyl sites for hydroxylation is 1. The Kier molecular flexibility index (Phi) is 13.2. The van der Waals surface area contributed by atoms with Gasteiger partial charge in [0.05, 0.1) is 11.0 Å². The molecule has 0 fully saturated rings. The van der Waals surface area contributed by atoms with E-state index < -0.39 is 0 Å². The van der Waals surface area contributed by atoms with Gasteiger partial charge in [-0.05, 0) is 49.7 Å². The highest BCUT2D eigenvalue weighted by molar-refractivity contribution is 7.99. The highest BCUT2D eigenvalue weighted by Crippen LogP contribution is 2.22. The molecule has 2 rings (SSSR count). The molecule has 0 saturated heterocycles. The second kappa shape index (κ2) is 15.6. The maximum atomic E-state index is 4.67. The number of imidazole rings is 1. The Morgan fingerprint density at radius 3 is 2.28 bits per heavy atom. The third-order valence-corrected chi connectivity index (χ3v) is 7.51. The van der Waals surface area contributed by atoms with Crippen LogP contribution in [0.15, 0.2) is 35.9 Å². The molecule has 0 bridgehead atoms. The number of aromatic amines is 1. The van der Waals surface area contributed by atoms with E-state index in [-0.39, 0.29) is 0 Å². The molecular formula is C29H48N2S. The van der Waals surface area contributed by atoms with Crippen molar-refractivity contribution in [1.82, 2.24) is 9.97 Å². The van der Waals surface area contributed by atoms with E-state index >= 15 is 0 Å². The van der Waals surface area contributed by atoms with Crippen LogP contribution in [0, 0.1) is 17.8 Å². The Bertz CT molecular complexity index is 743. The lowest BCUT2D eigenvalue weighted by molar-refractivity contribution is 0.389. The highest BCUT2D eigenvalue weighted by Gasteiger charge is 2.07. The summed E-state index contributed by atoms with van der Waals surface area (Å²) in [6.45, 7) is 11.9. The number of fused-ring (bicyclic) bond motifs is 1. The fraction of sp³-hybridized carbons (Fsp3) is 0.690. The van der Waals surface area contributed by atoms with Gasteiger partial charge in [-0.15, -0.1) is 0 Å². The summed E-state index contributed by atoms with van der Waals surface area (Å²) in [7, 11) is 0. The van der Waals surface area contributed by atoms with Crippen LogP contribution in [0.25, 0.3) is 11.0 Å². The average molecular weight is 457 g/mol. The van der Waals surface area contributed by atoms with Crippen LogP contribution in [0.4, 0.5) is 0 Å². The zero-order valence-corrected chi connectivity index (χ0v) is 22.3. The van der Waals surface area contributed by atoms with Crippen LogP contribution in [0.3, 0.4) is 0 Å². The van der Waals surface area contributed by atoms with Gasteiger partial charge < -0.3 is 4.98 Å². The van der Waals surface area contributed by atoms with E-state index in [0.717, 1.165) is 52.5 Å². The standard InChI is InChI=1S/C29H48N2S/c1-23(2)11-8-12-24(3)13-9-14-25(4)15-10-16-26(5)19-21-32-22-20-29-30-27-17-6-7-18-28(27)31-29/h6-7,17-19,23-25H,8-16,20-22H2,1-5H3,(H,30,31)/b26-19+. The molecule has 0 saturated carbocycles. The first-order valence-corrected chi connectivity index (χ1v) is 14.3. The average Bonchev–Trinajstić information content (AvgIpc) is 3.16. The van der Waals surface area contributed by atoms with E-state index in [1.165, 1.54) is 57.8 Å². The molecule has 2 atom stereocenters. The second-order valence-electron chi connectivity index (χ2n) is 10.4. The van der Waals surface area contributed by atoms with Crippen LogP contribution in [0.5, 0.6) is 0 Å². The molecule has 1 N–H and O–H groups in total. The molecule has 2 unspecified atom stereocenters. The first-order valence-electron chi connectivity index (χ1n) is 13.1. The van der Waals surface area contributed by atoms with Crippen molar-refractivity contribution in [3.05, 3.63) is 41.7 Å². The molecule has 1 aromatic heterocycles. The van der Waals surface area contributed by atoms with Gasteiger partial charge in [0.1, 0.15) is 5.82 Å². The van der Waals surface area contributed by atoms with Crippen LogP contribution in [-0.4, -0.2) is 21.5 Å². The number of thioether (sulfide) groups is 1. The number of para-hydroxylation sites is 2. The number of aromatic nitrogens is 2. The normalized spacial score (nSPS) is 14.4. The van der Waals surface area contributed by atoms with Gasteiger partial charge in [0.25, 0.3) is 0 Å². The van der Waals surface area contributed by atoms with Gasteiger partial charge in [-0.3, -0.25) is 0 Å². The van der Waals surface area contributed by atoms with Crippen LogP contribution >= 0.6 is 11.8 Å². The van der Waals surface area contributed by atoms with Crippen molar-refractivity contribution >= 4 is 22.8 Å². The summed E-state index contributed by atoms with van der Waals surface area (Å²) < 4.78 is 0. The van der Waals surface area contributed by atoms with Gasteiger partial charge in [-0.25, -0.2) is 4.98 Å². The summed E-state index contributed by atoms with van der Waals surface area (Å²) in [6, 6.07) is 8.28. The Morgan fingerprint density at radius 2 is 1.59 bits per heavy atom. The molecule has 1 heterocycles. The van der Waals surface area contributed by atoms with Crippen molar-refractivity contribution in [2.45, 2.75) is 98.8 Å². The largest absolute Gasteiger partial charge is 0.342 e. The monoisotopic (exact) mass is 456 g/mol. The summed E-state index contributed by atoms with van der Waals surface area (Å²) in [6.07, 6.45) is 15.9. The molecule has 180 valence electrons. The summed E-state index contributed by atoms with van der Waals surface area (Å²) in [4.78, 5) is 8.10. The topological polar surface area (TPSA) is 28.7 Å².